The number of methoxy groups -OCH3 is 1. The van der Waals surface area contributed by atoms with Gasteiger partial charge < -0.3 is 14.8 Å². The number of hydrogen-bond acceptors (Lipinski definition) is 3. The third-order valence-corrected chi connectivity index (χ3v) is 3.31. The summed E-state index contributed by atoms with van der Waals surface area (Å²) in [5.74, 6) is 1.29. The van der Waals surface area contributed by atoms with Crippen LogP contribution < -0.4 is 14.8 Å². The molecule has 1 rings (SSSR count). The van der Waals surface area contributed by atoms with Crippen LogP contribution in [0.15, 0.2) is 24.3 Å². The molecule has 1 amide bonds. The van der Waals surface area contributed by atoms with Crippen LogP contribution in [-0.2, 0) is 4.79 Å². The summed E-state index contributed by atoms with van der Waals surface area (Å²) in [7, 11) is 1.61. The molecule has 0 unspecified atom stereocenters. The minimum atomic E-state index is -0.0739. The Kier molecular flexibility index (Phi) is 7.50. The zero-order valence-electron chi connectivity index (χ0n) is 14.2. The van der Waals surface area contributed by atoms with Gasteiger partial charge >= 0.3 is 0 Å². The molecule has 0 aliphatic carbocycles. The van der Waals surface area contributed by atoms with Crippen molar-refractivity contribution in [2.24, 2.45) is 0 Å². The molecule has 0 bridgehead atoms. The summed E-state index contributed by atoms with van der Waals surface area (Å²) < 4.78 is 11.0. The highest BCUT2D eigenvalue weighted by atomic mass is 16.5. The van der Waals surface area contributed by atoms with Crippen LogP contribution in [0.3, 0.4) is 0 Å². The van der Waals surface area contributed by atoms with Gasteiger partial charge in [0.05, 0.1) is 13.2 Å². The Bertz CT molecular complexity index is 505. The molecule has 0 saturated carbocycles. The largest absolute Gasteiger partial charge is 0.493 e. The van der Waals surface area contributed by atoms with Gasteiger partial charge in [-0.2, -0.15) is 0 Å². The van der Waals surface area contributed by atoms with Crippen LogP contribution in [0.1, 0.15) is 46.1 Å². The Balaban J connectivity index is 2.77. The van der Waals surface area contributed by atoms with Crippen LogP contribution in [0.2, 0.25) is 0 Å². The van der Waals surface area contributed by atoms with Gasteiger partial charge in [-0.3, -0.25) is 4.79 Å². The van der Waals surface area contributed by atoms with E-state index in [1.807, 2.05) is 32.0 Å². The van der Waals surface area contributed by atoms with Crippen molar-refractivity contribution in [2.75, 3.05) is 7.11 Å². The van der Waals surface area contributed by atoms with Crippen molar-refractivity contribution in [1.82, 2.24) is 5.32 Å². The second-order valence-electron chi connectivity index (χ2n) is 5.43. The average Bonchev–Trinajstić information content (AvgIpc) is 2.51. The first-order valence-electron chi connectivity index (χ1n) is 7.83. The monoisotopic (exact) mass is 305 g/mol. The highest BCUT2D eigenvalue weighted by Gasteiger charge is 2.07. The number of nitrogens with one attached hydrogen (secondary N) is 1. The lowest BCUT2D eigenvalue weighted by Crippen LogP contribution is -2.32. The van der Waals surface area contributed by atoms with E-state index in [1.165, 1.54) is 0 Å². The first-order chi connectivity index (χ1) is 10.5. The maximum atomic E-state index is 11.9. The van der Waals surface area contributed by atoms with E-state index in [9.17, 15) is 4.79 Å². The molecule has 1 N–H and O–H groups in total. The molecule has 1 aromatic carbocycles. The fourth-order valence-electron chi connectivity index (χ4n) is 2.05. The van der Waals surface area contributed by atoms with Crippen molar-refractivity contribution in [1.29, 1.82) is 0 Å². The normalized spacial score (nSPS) is 11.2. The van der Waals surface area contributed by atoms with Gasteiger partial charge in [-0.25, -0.2) is 0 Å². The predicted octanol–water partition coefficient (Wildman–Crippen LogP) is 3.80. The van der Waals surface area contributed by atoms with Gasteiger partial charge in [0.1, 0.15) is 0 Å². The summed E-state index contributed by atoms with van der Waals surface area (Å²) in [5.41, 5.74) is 0.896. The molecule has 0 aliphatic rings. The smallest absolute Gasteiger partial charge is 0.244 e. The highest BCUT2D eigenvalue weighted by molar-refractivity contribution is 5.92. The van der Waals surface area contributed by atoms with Crippen molar-refractivity contribution in [3.05, 3.63) is 29.8 Å². The third-order valence-electron chi connectivity index (χ3n) is 3.31. The number of rotatable bonds is 8. The minimum Gasteiger partial charge on any atom is -0.493 e. The van der Waals surface area contributed by atoms with E-state index >= 15 is 0 Å². The van der Waals surface area contributed by atoms with Crippen molar-refractivity contribution < 1.29 is 14.3 Å². The quantitative estimate of drug-likeness (QED) is 0.743. The van der Waals surface area contributed by atoms with E-state index in [1.54, 1.807) is 19.3 Å². The molecule has 0 atom stereocenters. The summed E-state index contributed by atoms with van der Waals surface area (Å²) in [6.45, 7) is 8.07. The molecule has 0 saturated heterocycles. The van der Waals surface area contributed by atoms with Gasteiger partial charge in [-0.1, -0.05) is 19.9 Å². The second-order valence-corrected chi connectivity index (χ2v) is 5.43. The van der Waals surface area contributed by atoms with Crippen LogP contribution in [0.25, 0.3) is 6.08 Å². The lowest BCUT2D eigenvalue weighted by molar-refractivity contribution is -0.117. The average molecular weight is 305 g/mol. The molecule has 0 fully saturated rings. The zero-order chi connectivity index (χ0) is 16.5. The molecule has 122 valence electrons. The van der Waals surface area contributed by atoms with Gasteiger partial charge in [-0.15, -0.1) is 0 Å². The van der Waals surface area contributed by atoms with E-state index in [-0.39, 0.29) is 18.1 Å². The van der Waals surface area contributed by atoms with E-state index in [0.717, 1.165) is 18.4 Å². The number of hydrogen-bond donors (Lipinski definition) is 1. The fraction of sp³-hybridized carbons (Fsp3) is 0.500. The van der Waals surface area contributed by atoms with Crippen molar-refractivity contribution in [3.63, 3.8) is 0 Å². The summed E-state index contributed by atoms with van der Waals surface area (Å²) in [6, 6.07) is 5.85. The number of ether oxygens (including phenoxy) is 2. The number of benzene rings is 1. The Morgan fingerprint density at radius 3 is 2.45 bits per heavy atom. The topological polar surface area (TPSA) is 47.6 Å². The molecule has 4 nitrogen and oxygen atoms in total. The third kappa shape index (κ3) is 5.80. The van der Waals surface area contributed by atoms with Gasteiger partial charge in [0.25, 0.3) is 0 Å². The molecule has 0 heterocycles. The Labute approximate surface area is 133 Å². The van der Waals surface area contributed by atoms with Crippen molar-refractivity contribution in [2.45, 2.75) is 52.7 Å². The molecule has 22 heavy (non-hydrogen) atoms. The van der Waals surface area contributed by atoms with E-state index in [0.29, 0.717) is 11.5 Å². The zero-order valence-corrected chi connectivity index (χ0v) is 14.2. The molecular weight excluding hydrogens is 278 g/mol. The second kappa shape index (κ2) is 9.13. The summed E-state index contributed by atoms with van der Waals surface area (Å²) >= 11 is 0. The molecule has 0 aromatic heterocycles. The molecule has 4 heteroatoms. The predicted molar refractivity (Wildman–Crippen MR) is 90.3 cm³/mol. The maximum absolute atomic E-state index is 11.9. The van der Waals surface area contributed by atoms with Crippen LogP contribution in [0.4, 0.5) is 0 Å². The number of carbonyl (C=O) groups excluding carboxylic acids is 1. The molecule has 0 spiro atoms. The Hall–Kier alpha value is -1.97. The van der Waals surface area contributed by atoms with Crippen molar-refractivity contribution >= 4 is 12.0 Å². The van der Waals surface area contributed by atoms with Gasteiger partial charge in [0, 0.05) is 12.1 Å². The van der Waals surface area contributed by atoms with Crippen LogP contribution >= 0.6 is 0 Å². The Morgan fingerprint density at radius 2 is 1.91 bits per heavy atom. The van der Waals surface area contributed by atoms with Gasteiger partial charge in [0.2, 0.25) is 5.91 Å². The highest BCUT2D eigenvalue weighted by Crippen LogP contribution is 2.29. The lowest BCUT2D eigenvalue weighted by atomic mass is 10.1. The van der Waals surface area contributed by atoms with Gasteiger partial charge in [0.15, 0.2) is 11.5 Å². The minimum absolute atomic E-state index is 0.0739. The summed E-state index contributed by atoms with van der Waals surface area (Å²) in [6.07, 6.45) is 5.28. The fourth-order valence-corrected chi connectivity index (χ4v) is 2.05. The first kappa shape index (κ1) is 18.1. The molecule has 0 radical (unpaired) electrons. The van der Waals surface area contributed by atoms with Crippen LogP contribution in [-0.4, -0.2) is 25.2 Å². The number of amides is 1. The first-order valence-corrected chi connectivity index (χ1v) is 7.83. The summed E-state index contributed by atoms with van der Waals surface area (Å²) in [5, 5.41) is 2.97. The van der Waals surface area contributed by atoms with E-state index < -0.39 is 0 Å². The standard InChI is InChI=1S/C18H27NO3/c1-6-15(7-2)19-18(20)11-9-14-8-10-16(22-13(3)4)17(12-14)21-5/h8-13,15H,6-7H2,1-5H3,(H,19,20). The lowest BCUT2D eigenvalue weighted by Gasteiger charge is -2.14. The summed E-state index contributed by atoms with van der Waals surface area (Å²) in [4.78, 5) is 11.9. The molecule has 1 aromatic rings. The number of carbonyl (C=O) groups is 1. The SMILES string of the molecule is CCC(CC)NC(=O)C=Cc1ccc(OC(C)C)c(OC)c1. The van der Waals surface area contributed by atoms with Crippen molar-refractivity contribution in [3.8, 4) is 11.5 Å². The van der Waals surface area contributed by atoms with Crippen LogP contribution in [0.5, 0.6) is 11.5 Å². The van der Waals surface area contributed by atoms with E-state index in [2.05, 4.69) is 19.2 Å². The molecular formula is C18H27NO3. The maximum Gasteiger partial charge on any atom is 0.244 e. The van der Waals surface area contributed by atoms with Gasteiger partial charge in [-0.05, 0) is 50.5 Å². The van der Waals surface area contributed by atoms with E-state index in [4.69, 9.17) is 9.47 Å². The Morgan fingerprint density at radius 1 is 1.23 bits per heavy atom. The van der Waals surface area contributed by atoms with Crippen LogP contribution in [0, 0.1) is 0 Å². The molecule has 0 aliphatic heterocycles.